The molecular weight excluding hydrogens is 214 g/mol. The number of nitrogens with zero attached hydrogens (tertiary/aromatic N) is 2. The van der Waals surface area contributed by atoms with Gasteiger partial charge in [-0.3, -0.25) is 0 Å². The van der Waals surface area contributed by atoms with E-state index in [0.717, 1.165) is 12.0 Å². The number of hydrogen-bond donors (Lipinski definition) is 1. The van der Waals surface area contributed by atoms with Crippen LogP contribution in [-0.4, -0.2) is 23.6 Å². The minimum absolute atomic E-state index is 0.400. The Balaban J connectivity index is 2.62. The van der Waals surface area contributed by atoms with Crippen molar-refractivity contribution in [1.82, 2.24) is 9.97 Å². The second-order valence-electron chi connectivity index (χ2n) is 3.15. The summed E-state index contributed by atoms with van der Waals surface area (Å²) in [6.07, 6.45) is 2.30. The van der Waals surface area contributed by atoms with Crippen LogP contribution in [0.15, 0.2) is 18.3 Å². The average molecular weight is 228 g/mol. The Bertz CT molecular complexity index is 355. The van der Waals surface area contributed by atoms with E-state index in [1.54, 1.807) is 7.05 Å². The highest BCUT2D eigenvalue weighted by molar-refractivity contribution is 6.31. The highest BCUT2D eigenvalue weighted by Crippen LogP contribution is 2.21. The van der Waals surface area contributed by atoms with E-state index in [-0.39, 0.29) is 0 Å². The Hall–Kier alpha value is -1.29. The van der Waals surface area contributed by atoms with Gasteiger partial charge in [0.1, 0.15) is 5.02 Å². The molecule has 0 aliphatic carbocycles. The molecule has 1 aromatic heterocycles. The molecule has 0 saturated heterocycles. The summed E-state index contributed by atoms with van der Waals surface area (Å²) >= 11 is 5.87. The van der Waals surface area contributed by atoms with Crippen LogP contribution in [0.25, 0.3) is 0 Å². The van der Waals surface area contributed by atoms with Crippen molar-refractivity contribution in [1.29, 1.82) is 0 Å². The van der Waals surface area contributed by atoms with Gasteiger partial charge < -0.3 is 10.1 Å². The lowest BCUT2D eigenvalue weighted by Gasteiger charge is -2.07. The molecule has 0 bridgehead atoms. The number of halogens is 1. The predicted octanol–water partition coefficient (Wildman–Crippen LogP) is 2.52. The number of nitrogens with one attached hydrogen (secondary N) is 1. The summed E-state index contributed by atoms with van der Waals surface area (Å²) in [6, 6.07) is 0. The Morgan fingerprint density at radius 3 is 3.00 bits per heavy atom. The molecular formula is C10H14ClN3O. The summed E-state index contributed by atoms with van der Waals surface area (Å²) in [5.41, 5.74) is 1.06. The van der Waals surface area contributed by atoms with Crippen molar-refractivity contribution in [2.75, 3.05) is 19.0 Å². The molecule has 5 heteroatoms. The molecule has 0 aromatic carbocycles. The van der Waals surface area contributed by atoms with Crippen molar-refractivity contribution >= 4 is 17.5 Å². The van der Waals surface area contributed by atoms with Crippen LogP contribution in [-0.2, 0) is 0 Å². The third kappa shape index (κ3) is 3.75. The van der Waals surface area contributed by atoms with Gasteiger partial charge >= 0.3 is 0 Å². The van der Waals surface area contributed by atoms with Gasteiger partial charge in [0.15, 0.2) is 0 Å². The van der Waals surface area contributed by atoms with Crippen molar-refractivity contribution in [2.45, 2.75) is 13.3 Å². The summed E-state index contributed by atoms with van der Waals surface area (Å²) in [5, 5.41) is 3.23. The third-order valence-electron chi connectivity index (χ3n) is 1.70. The maximum absolute atomic E-state index is 5.87. The minimum Gasteiger partial charge on any atom is -0.476 e. The zero-order chi connectivity index (χ0) is 11.3. The maximum Gasteiger partial charge on any atom is 0.237 e. The topological polar surface area (TPSA) is 47.0 Å². The predicted molar refractivity (Wildman–Crippen MR) is 61.5 cm³/mol. The quantitative estimate of drug-likeness (QED) is 0.786. The molecule has 82 valence electrons. The highest BCUT2D eigenvalue weighted by atomic mass is 35.5. The summed E-state index contributed by atoms with van der Waals surface area (Å²) in [6.45, 7) is 6.26. The lowest BCUT2D eigenvalue weighted by Crippen LogP contribution is -2.03. The van der Waals surface area contributed by atoms with Crippen molar-refractivity contribution in [3.63, 3.8) is 0 Å². The smallest absolute Gasteiger partial charge is 0.237 e. The number of hydrogen-bond acceptors (Lipinski definition) is 4. The van der Waals surface area contributed by atoms with E-state index in [4.69, 9.17) is 16.3 Å². The van der Waals surface area contributed by atoms with E-state index >= 15 is 0 Å². The first-order chi connectivity index (χ1) is 7.13. The van der Waals surface area contributed by atoms with Gasteiger partial charge in [0, 0.05) is 13.5 Å². The zero-order valence-corrected chi connectivity index (χ0v) is 9.64. The number of aromatic nitrogens is 2. The van der Waals surface area contributed by atoms with Gasteiger partial charge in [-0.15, -0.1) is 6.58 Å². The molecule has 0 saturated carbocycles. The van der Waals surface area contributed by atoms with Crippen LogP contribution in [0.2, 0.25) is 5.02 Å². The first-order valence-corrected chi connectivity index (χ1v) is 4.98. The molecule has 0 amide bonds. The first-order valence-electron chi connectivity index (χ1n) is 4.61. The van der Waals surface area contributed by atoms with E-state index in [1.165, 1.54) is 6.20 Å². The van der Waals surface area contributed by atoms with Crippen LogP contribution in [0, 0.1) is 0 Å². The van der Waals surface area contributed by atoms with E-state index in [0.29, 0.717) is 23.5 Å². The van der Waals surface area contributed by atoms with Crippen LogP contribution in [0.4, 0.5) is 5.95 Å². The van der Waals surface area contributed by atoms with Gasteiger partial charge in [-0.2, -0.15) is 4.98 Å². The van der Waals surface area contributed by atoms with Gasteiger partial charge in [0.05, 0.1) is 12.8 Å². The molecule has 0 atom stereocenters. The minimum atomic E-state index is 0.400. The fourth-order valence-electron chi connectivity index (χ4n) is 0.895. The van der Waals surface area contributed by atoms with E-state index in [2.05, 4.69) is 21.9 Å². The molecule has 1 heterocycles. The zero-order valence-electron chi connectivity index (χ0n) is 8.88. The Morgan fingerprint density at radius 1 is 1.67 bits per heavy atom. The fourth-order valence-corrected chi connectivity index (χ4v) is 1.04. The number of rotatable bonds is 5. The summed E-state index contributed by atoms with van der Waals surface area (Å²) < 4.78 is 5.41. The van der Waals surface area contributed by atoms with Crippen molar-refractivity contribution in [2.24, 2.45) is 0 Å². The van der Waals surface area contributed by atoms with E-state index < -0.39 is 0 Å². The maximum atomic E-state index is 5.87. The third-order valence-corrected chi connectivity index (χ3v) is 1.96. The molecule has 15 heavy (non-hydrogen) atoms. The van der Waals surface area contributed by atoms with Crippen LogP contribution in [0.1, 0.15) is 13.3 Å². The summed E-state index contributed by atoms with van der Waals surface area (Å²) in [4.78, 5) is 8.03. The van der Waals surface area contributed by atoms with Gasteiger partial charge in [-0.25, -0.2) is 4.98 Å². The van der Waals surface area contributed by atoms with Gasteiger partial charge in [-0.1, -0.05) is 17.2 Å². The van der Waals surface area contributed by atoms with Crippen molar-refractivity contribution in [3.05, 3.63) is 23.4 Å². The van der Waals surface area contributed by atoms with E-state index in [1.807, 2.05) is 6.92 Å². The molecule has 0 aliphatic rings. The van der Waals surface area contributed by atoms with Crippen LogP contribution < -0.4 is 10.1 Å². The molecule has 1 aromatic rings. The second kappa shape index (κ2) is 5.56. The standard InChI is InChI=1S/C10H14ClN3O/c1-7(2)4-5-15-9-8(11)6-13-10(12-3)14-9/h6H,1,4-5H2,2-3H3,(H,12,13,14). The van der Waals surface area contributed by atoms with Gasteiger partial charge in [0.25, 0.3) is 0 Å². The van der Waals surface area contributed by atoms with Crippen molar-refractivity contribution < 1.29 is 4.74 Å². The largest absolute Gasteiger partial charge is 0.476 e. The normalized spacial score (nSPS) is 9.80. The molecule has 0 aliphatic heterocycles. The molecule has 0 radical (unpaired) electrons. The van der Waals surface area contributed by atoms with Crippen molar-refractivity contribution in [3.8, 4) is 5.88 Å². The van der Waals surface area contributed by atoms with E-state index in [9.17, 15) is 0 Å². The summed E-state index contributed by atoms with van der Waals surface area (Å²) in [5.74, 6) is 0.891. The molecule has 1 rings (SSSR count). The average Bonchev–Trinajstić information content (AvgIpc) is 2.20. The Kier molecular flexibility index (Phi) is 4.37. The molecule has 0 fully saturated rings. The Morgan fingerprint density at radius 2 is 2.40 bits per heavy atom. The second-order valence-corrected chi connectivity index (χ2v) is 3.56. The fraction of sp³-hybridized carbons (Fsp3) is 0.400. The monoisotopic (exact) mass is 227 g/mol. The SMILES string of the molecule is C=C(C)CCOc1nc(NC)ncc1Cl. The molecule has 0 unspecified atom stereocenters. The molecule has 4 nitrogen and oxygen atoms in total. The van der Waals surface area contributed by atoms with Crippen LogP contribution >= 0.6 is 11.6 Å². The molecule has 1 N–H and O–H groups in total. The first kappa shape index (κ1) is 11.8. The highest BCUT2D eigenvalue weighted by Gasteiger charge is 2.05. The van der Waals surface area contributed by atoms with Gasteiger partial charge in [0.2, 0.25) is 11.8 Å². The molecule has 0 spiro atoms. The van der Waals surface area contributed by atoms with Gasteiger partial charge in [-0.05, 0) is 6.92 Å². The summed E-state index contributed by atoms with van der Waals surface area (Å²) in [7, 11) is 1.74. The Labute approximate surface area is 94.3 Å². The van der Waals surface area contributed by atoms with Crippen LogP contribution in [0.3, 0.4) is 0 Å². The lowest BCUT2D eigenvalue weighted by atomic mass is 10.3. The number of ether oxygens (including phenoxy) is 1. The number of anilines is 1. The van der Waals surface area contributed by atoms with Crippen LogP contribution in [0.5, 0.6) is 5.88 Å². The lowest BCUT2D eigenvalue weighted by molar-refractivity contribution is 0.309.